The van der Waals surface area contributed by atoms with Crippen LogP contribution in [0.3, 0.4) is 0 Å². The Morgan fingerprint density at radius 2 is 1.90 bits per heavy atom. The Hall–Kier alpha value is -1.78. The Labute approximate surface area is 119 Å². The van der Waals surface area contributed by atoms with E-state index in [1.165, 1.54) is 24.3 Å². The van der Waals surface area contributed by atoms with Gasteiger partial charge in [0.15, 0.2) is 18.1 Å². The average molecular weight is 301 g/mol. The summed E-state index contributed by atoms with van der Waals surface area (Å²) in [5.74, 6) is -0.177. The monoisotopic (exact) mass is 301 g/mol. The maximum Gasteiger partial charge on any atom is 0.310 e. The van der Waals surface area contributed by atoms with Crippen LogP contribution in [0.1, 0.15) is 0 Å². The summed E-state index contributed by atoms with van der Waals surface area (Å²) in [4.78, 5) is 10.2. The van der Waals surface area contributed by atoms with Crippen molar-refractivity contribution in [1.29, 1.82) is 0 Å². The molecule has 5 atom stereocenters. The number of aliphatic hydroxyl groups is 4. The van der Waals surface area contributed by atoms with Gasteiger partial charge in [-0.2, -0.15) is 0 Å². The van der Waals surface area contributed by atoms with Gasteiger partial charge in [-0.1, -0.05) is 12.1 Å². The first-order chi connectivity index (χ1) is 9.95. The van der Waals surface area contributed by atoms with Gasteiger partial charge in [-0.05, 0) is 6.07 Å². The number of nitro benzene ring substituents is 1. The normalized spacial score (nSPS) is 32.7. The number of rotatable bonds is 4. The summed E-state index contributed by atoms with van der Waals surface area (Å²) in [6.45, 7) is -0.604. The molecule has 1 aromatic carbocycles. The van der Waals surface area contributed by atoms with Crippen LogP contribution in [0, 0.1) is 10.1 Å². The first-order valence-electron chi connectivity index (χ1n) is 6.16. The summed E-state index contributed by atoms with van der Waals surface area (Å²) >= 11 is 0. The average Bonchev–Trinajstić information content (AvgIpc) is 2.47. The number of hydrogen-bond donors (Lipinski definition) is 4. The van der Waals surface area contributed by atoms with Crippen LogP contribution in [0.2, 0.25) is 0 Å². The minimum Gasteiger partial charge on any atom is -0.475 e. The summed E-state index contributed by atoms with van der Waals surface area (Å²) in [6.07, 6.45) is -7.32. The summed E-state index contributed by atoms with van der Waals surface area (Å²) in [5, 5.41) is 49.2. The minimum absolute atomic E-state index is 0.177. The van der Waals surface area contributed by atoms with E-state index in [1.54, 1.807) is 0 Å². The van der Waals surface area contributed by atoms with E-state index in [4.69, 9.17) is 14.6 Å². The largest absolute Gasteiger partial charge is 0.475 e. The molecule has 1 saturated heterocycles. The van der Waals surface area contributed by atoms with Crippen molar-refractivity contribution in [3.8, 4) is 5.75 Å². The van der Waals surface area contributed by atoms with Crippen molar-refractivity contribution in [2.45, 2.75) is 30.7 Å². The van der Waals surface area contributed by atoms with Crippen LogP contribution in [0.5, 0.6) is 5.75 Å². The number of ether oxygens (including phenoxy) is 2. The fourth-order valence-corrected chi connectivity index (χ4v) is 2.05. The summed E-state index contributed by atoms with van der Waals surface area (Å²) in [7, 11) is 0. The van der Waals surface area contributed by atoms with E-state index in [-0.39, 0.29) is 11.4 Å². The van der Waals surface area contributed by atoms with E-state index in [1.807, 2.05) is 0 Å². The first kappa shape index (κ1) is 15.6. The molecule has 1 aliphatic heterocycles. The van der Waals surface area contributed by atoms with Crippen molar-refractivity contribution >= 4 is 5.69 Å². The van der Waals surface area contributed by atoms with Crippen molar-refractivity contribution in [2.24, 2.45) is 0 Å². The van der Waals surface area contributed by atoms with Gasteiger partial charge in [0.1, 0.15) is 18.3 Å². The van der Waals surface area contributed by atoms with Crippen molar-refractivity contribution in [3.63, 3.8) is 0 Å². The zero-order chi connectivity index (χ0) is 15.6. The van der Waals surface area contributed by atoms with E-state index in [0.29, 0.717) is 0 Å². The zero-order valence-corrected chi connectivity index (χ0v) is 10.8. The highest BCUT2D eigenvalue weighted by Gasteiger charge is 2.45. The van der Waals surface area contributed by atoms with E-state index in [9.17, 15) is 25.4 Å². The van der Waals surface area contributed by atoms with Crippen LogP contribution in [-0.4, -0.2) is 62.7 Å². The first-order valence-corrected chi connectivity index (χ1v) is 6.16. The topological polar surface area (TPSA) is 143 Å². The van der Waals surface area contributed by atoms with Gasteiger partial charge in [-0.25, -0.2) is 0 Å². The molecule has 2 rings (SSSR count). The lowest BCUT2D eigenvalue weighted by atomic mass is 9.99. The second kappa shape index (κ2) is 6.33. The predicted octanol–water partition coefficient (Wildman–Crippen LogP) is -1.23. The molecule has 0 radical (unpaired) electrons. The Morgan fingerprint density at radius 1 is 1.24 bits per heavy atom. The highest BCUT2D eigenvalue weighted by atomic mass is 16.7. The number of hydrogen-bond acceptors (Lipinski definition) is 8. The van der Waals surface area contributed by atoms with Crippen LogP contribution >= 0.6 is 0 Å². The number of aliphatic hydroxyl groups excluding tert-OH is 4. The van der Waals surface area contributed by atoms with Gasteiger partial charge in [0, 0.05) is 6.07 Å². The minimum atomic E-state index is -1.65. The molecule has 0 aliphatic carbocycles. The molecule has 116 valence electrons. The molecule has 0 aromatic heterocycles. The number of para-hydroxylation sites is 2. The van der Waals surface area contributed by atoms with E-state index >= 15 is 0 Å². The molecule has 9 heteroatoms. The number of nitrogens with zero attached hydrogens (tertiary/aromatic N) is 1. The third kappa shape index (κ3) is 3.12. The van der Waals surface area contributed by atoms with Gasteiger partial charge >= 0.3 is 5.69 Å². The van der Waals surface area contributed by atoms with E-state index in [2.05, 4.69) is 0 Å². The Morgan fingerprint density at radius 3 is 2.52 bits per heavy atom. The lowest BCUT2D eigenvalue weighted by Crippen LogP contribution is -2.60. The second-order valence-corrected chi connectivity index (χ2v) is 4.54. The van der Waals surface area contributed by atoms with Crippen LogP contribution in [0.4, 0.5) is 5.69 Å². The number of nitro groups is 1. The summed E-state index contributed by atoms with van der Waals surface area (Å²) in [6, 6.07) is 5.41. The van der Waals surface area contributed by atoms with Gasteiger partial charge in [0.2, 0.25) is 0 Å². The molecule has 0 bridgehead atoms. The summed E-state index contributed by atoms with van der Waals surface area (Å²) in [5.41, 5.74) is -0.351. The molecule has 1 unspecified atom stereocenters. The van der Waals surface area contributed by atoms with Gasteiger partial charge in [-0.15, -0.1) is 0 Å². The van der Waals surface area contributed by atoms with Gasteiger partial charge in [0.25, 0.3) is 0 Å². The van der Waals surface area contributed by atoms with Gasteiger partial charge in [0.05, 0.1) is 11.5 Å². The van der Waals surface area contributed by atoms with Crippen molar-refractivity contribution < 1.29 is 34.8 Å². The van der Waals surface area contributed by atoms with Crippen molar-refractivity contribution in [3.05, 3.63) is 34.4 Å². The molecule has 1 aliphatic rings. The molecule has 0 saturated carbocycles. The Balaban J connectivity index is 2.21. The van der Waals surface area contributed by atoms with Crippen molar-refractivity contribution in [1.82, 2.24) is 0 Å². The second-order valence-electron chi connectivity index (χ2n) is 4.54. The molecule has 1 aromatic rings. The standard InChI is InChI=1S/C12H15NO8/c14-5-8-9(15)10(16)11(12(17)21-8)20-7-4-2-1-3-6(7)13(18)19/h1-4,8-12,14-17H,5H2/t8-,9+,10+,11-,12?/m1/s1. The lowest BCUT2D eigenvalue weighted by molar-refractivity contribution is -0.386. The van der Waals surface area contributed by atoms with Gasteiger partial charge in [-0.3, -0.25) is 10.1 Å². The highest BCUT2D eigenvalue weighted by Crippen LogP contribution is 2.30. The maximum atomic E-state index is 10.9. The van der Waals surface area contributed by atoms with Crippen LogP contribution < -0.4 is 4.74 Å². The third-order valence-electron chi connectivity index (χ3n) is 3.17. The molecule has 9 nitrogen and oxygen atoms in total. The molecule has 21 heavy (non-hydrogen) atoms. The molecule has 1 heterocycles. The Bertz CT molecular complexity index is 510. The third-order valence-corrected chi connectivity index (χ3v) is 3.17. The van der Waals surface area contributed by atoms with E-state index in [0.717, 1.165) is 0 Å². The van der Waals surface area contributed by atoms with Gasteiger partial charge < -0.3 is 29.9 Å². The lowest BCUT2D eigenvalue weighted by Gasteiger charge is -2.39. The molecular weight excluding hydrogens is 286 g/mol. The maximum absolute atomic E-state index is 10.9. The van der Waals surface area contributed by atoms with Crippen LogP contribution in [0.25, 0.3) is 0 Å². The molecule has 0 spiro atoms. The SMILES string of the molecule is O=[N+]([O-])c1ccccc1O[C@H]1C(O)O[C@H](CO)[C@H](O)[C@@H]1O. The Kier molecular flexibility index (Phi) is 4.70. The quantitative estimate of drug-likeness (QED) is 0.400. The highest BCUT2D eigenvalue weighted by molar-refractivity contribution is 5.45. The van der Waals surface area contributed by atoms with Crippen LogP contribution in [0.15, 0.2) is 24.3 Å². The molecule has 1 fully saturated rings. The van der Waals surface area contributed by atoms with Crippen LogP contribution in [-0.2, 0) is 4.74 Å². The smallest absolute Gasteiger partial charge is 0.310 e. The fraction of sp³-hybridized carbons (Fsp3) is 0.500. The molecule has 0 amide bonds. The summed E-state index contributed by atoms with van der Waals surface area (Å²) < 4.78 is 10.1. The predicted molar refractivity (Wildman–Crippen MR) is 67.5 cm³/mol. The zero-order valence-electron chi connectivity index (χ0n) is 10.8. The molecule has 4 N–H and O–H groups in total. The fourth-order valence-electron chi connectivity index (χ4n) is 2.05. The van der Waals surface area contributed by atoms with Crippen molar-refractivity contribution in [2.75, 3.05) is 6.61 Å². The van der Waals surface area contributed by atoms with E-state index < -0.39 is 42.2 Å². The molecular formula is C12H15NO8. The number of benzene rings is 1.